The molecule has 4 fully saturated rings. The number of likely N-dealkylation sites (N-methyl/N-ethyl adjacent to an activating group) is 1. The number of oxime groups is 1. The van der Waals surface area contributed by atoms with Crippen LogP contribution in [0.5, 0.6) is 0 Å². The Morgan fingerprint density at radius 3 is 2.54 bits per heavy atom. The lowest BCUT2D eigenvalue weighted by Gasteiger charge is -2.51. The van der Waals surface area contributed by atoms with E-state index in [1.807, 2.05) is 0 Å². The van der Waals surface area contributed by atoms with E-state index in [2.05, 4.69) is 32.8 Å². The first-order valence-electron chi connectivity index (χ1n) is 16.0. The number of hydrogen-bond acceptors (Lipinski definition) is 16. The number of β-lactam (4-membered cyclic amide) rings is 2. The minimum Gasteiger partial charge on any atom is -0.543 e. The predicted molar refractivity (Wildman–Crippen MR) is 181 cm³/mol. The fourth-order valence-corrected chi connectivity index (χ4v) is 11.6. The molecule has 0 aromatic carbocycles. The molecule has 0 radical (unpaired) electrons. The number of amides is 3. The van der Waals surface area contributed by atoms with Crippen molar-refractivity contribution in [3.8, 4) is 0 Å². The normalized spacial score (nSPS) is 28.6. The van der Waals surface area contributed by atoms with Crippen LogP contribution in [0.1, 0.15) is 31.9 Å². The minimum absolute atomic E-state index is 0.0615. The Kier molecular flexibility index (Phi) is 9.82. The van der Waals surface area contributed by atoms with Gasteiger partial charge in [-0.3, -0.25) is 24.0 Å². The van der Waals surface area contributed by atoms with Gasteiger partial charge in [0.05, 0.1) is 51.0 Å². The number of hydrogen-bond donors (Lipinski definition) is 3. The van der Waals surface area contributed by atoms with E-state index in [0.717, 1.165) is 46.7 Å². The Morgan fingerprint density at radius 1 is 1.27 bits per heavy atom. The third-order valence-corrected chi connectivity index (χ3v) is 14.7. The van der Waals surface area contributed by atoms with E-state index in [0.29, 0.717) is 17.9 Å². The van der Waals surface area contributed by atoms with E-state index in [1.165, 1.54) is 47.8 Å². The molecule has 2 aromatic rings. The molecule has 0 aliphatic carbocycles. The first kappa shape index (κ1) is 37.2. The van der Waals surface area contributed by atoms with Gasteiger partial charge < -0.3 is 40.3 Å². The molecular formula is C29H36N10O10S3. The van der Waals surface area contributed by atoms with Gasteiger partial charge in [-0.25, -0.2) is 18.2 Å². The van der Waals surface area contributed by atoms with Crippen LogP contribution in [0.25, 0.3) is 0 Å². The molecule has 7 heterocycles. The number of nitrogens with one attached hydrogen (secondary N) is 1. The molecular weight excluding hydrogens is 745 g/mol. The lowest BCUT2D eigenvalue weighted by molar-refractivity contribution is -0.893. The molecule has 23 heteroatoms. The van der Waals surface area contributed by atoms with E-state index in [9.17, 15) is 42.6 Å². The number of anilines is 1. The Balaban J connectivity index is 0.000000198. The van der Waals surface area contributed by atoms with Crippen LogP contribution in [-0.4, -0.2) is 150 Å². The molecule has 4 N–H and O–H groups in total. The zero-order valence-corrected chi connectivity index (χ0v) is 30.6. The second-order valence-electron chi connectivity index (χ2n) is 13.4. The maximum atomic E-state index is 12.9. The summed E-state index contributed by atoms with van der Waals surface area (Å²) in [7, 11) is -0.402. The lowest BCUT2D eigenvalue weighted by atomic mass is 9.96. The van der Waals surface area contributed by atoms with Crippen molar-refractivity contribution >= 4 is 73.4 Å². The molecule has 20 nitrogen and oxygen atoms in total. The number of fused-ring (bicyclic) bond motifs is 2. The second-order valence-corrected chi connectivity index (χ2v) is 17.9. The van der Waals surface area contributed by atoms with Crippen molar-refractivity contribution in [3.63, 3.8) is 0 Å². The van der Waals surface area contributed by atoms with E-state index in [-0.39, 0.29) is 35.2 Å². The van der Waals surface area contributed by atoms with Gasteiger partial charge in [0, 0.05) is 35.7 Å². The quantitative estimate of drug-likeness (QED) is 0.0951. The monoisotopic (exact) mass is 780 g/mol. The highest BCUT2D eigenvalue weighted by Gasteiger charge is 2.70. The van der Waals surface area contributed by atoms with Gasteiger partial charge >= 0.3 is 5.97 Å². The topological polar surface area (TPSA) is 272 Å². The molecule has 280 valence electrons. The number of nitrogen functional groups attached to an aromatic ring is 1. The van der Waals surface area contributed by atoms with E-state index < -0.39 is 67.1 Å². The molecule has 0 saturated carbocycles. The predicted octanol–water partition coefficient (Wildman–Crippen LogP) is -2.80. The lowest BCUT2D eigenvalue weighted by Crippen LogP contribution is -2.71. The third-order valence-electron chi connectivity index (χ3n) is 9.90. The van der Waals surface area contributed by atoms with Crippen molar-refractivity contribution in [3.05, 3.63) is 34.7 Å². The zero-order chi connectivity index (χ0) is 37.7. The molecule has 52 heavy (non-hydrogen) atoms. The van der Waals surface area contributed by atoms with E-state index >= 15 is 0 Å². The average molecular weight is 781 g/mol. The molecule has 5 atom stereocenters. The number of quaternary nitrogens is 1. The Labute approximate surface area is 305 Å². The van der Waals surface area contributed by atoms with Gasteiger partial charge in [0.1, 0.15) is 40.9 Å². The summed E-state index contributed by atoms with van der Waals surface area (Å²) >= 11 is 2.57. The SMILES string of the molecule is CO/N=C(/C(=O)N[C@@H]1C(=O)N2C(C(=O)[O-])=C(C[N+]3(C)CCCC3)CS[C@H]12)c1csc(N)n1.C[C@]1(Cn2ccnn2)[C@H](C(=O)O)N2C(=O)C[C@H]2S1(=O)=O. The van der Waals surface area contributed by atoms with Crippen LogP contribution >= 0.6 is 23.1 Å². The first-order valence-corrected chi connectivity index (χ1v) is 19.5. The summed E-state index contributed by atoms with van der Waals surface area (Å²) in [5, 5.41) is 35.2. The van der Waals surface area contributed by atoms with Crippen LogP contribution in [0.4, 0.5) is 5.13 Å². The maximum absolute atomic E-state index is 12.9. The number of rotatable bonds is 10. The minimum atomic E-state index is -3.80. The Hall–Kier alpha value is -4.61. The molecule has 3 amide bonds. The van der Waals surface area contributed by atoms with Gasteiger partial charge in [-0.2, -0.15) is 0 Å². The average Bonchev–Trinajstić information content (AvgIpc) is 3.87. The number of likely N-dealkylation sites (tertiary alicyclic amines) is 1. The molecule has 5 aliphatic heterocycles. The third kappa shape index (κ3) is 6.27. The van der Waals surface area contributed by atoms with Gasteiger partial charge in [0.15, 0.2) is 26.7 Å². The summed E-state index contributed by atoms with van der Waals surface area (Å²) in [5.74, 6) is -3.84. The van der Waals surface area contributed by atoms with Crippen LogP contribution in [0.3, 0.4) is 0 Å². The highest BCUT2D eigenvalue weighted by Crippen LogP contribution is 2.47. The van der Waals surface area contributed by atoms with Gasteiger partial charge in [-0.1, -0.05) is 10.4 Å². The molecule has 0 bridgehead atoms. The van der Waals surface area contributed by atoms with E-state index in [4.69, 9.17) is 10.6 Å². The van der Waals surface area contributed by atoms with Crippen molar-refractivity contribution < 1.29 is 51.9 Å². The summed E-state index contributed by atoms with van der Waals surface area (Å²) in [6, 6.07) is -2.29. The molecule has 7 rings (SSSR count). The fourth-order valence-electron chi connectivity index (χ4n) is 7.34. The second kappa shape index (κ2) is 13.7. The first-order chi connectivity index (χ1) is 24.5. The van der Waals surface area contributed by atoms with Crippen LogP contribution in [0.15, 0.2) is 34.2 Å². The van der Waals surface area contributed by atoms with Crippen LogP contribution in [-0.2, 0) is 45.2 Å². The van der Waals surface area contributed by atoms with Gasteiger partial charge in [-0.15, -0.1) is 28.2 Å². The number of nitrogens with two attached hydrogens (primary N) is 1. The van der Waals surface area contributed by atoms with E-state index in [1.54, 1.807) is 5.38 Å². The number of nitrogens with zero attached hydrogens (tertiary/aromatic N) is 8. The number of sulfone groups is 1. The zero-order valence-electron chi connectivity index (χ0n) is 28.2. The van der Waals surface area contributed by atoms with Crippen LogP contribution < -0.4 is 16.2 Å². The number of thiazole rings is 1. The Bertz CT molecular complexity index is 1980. The van der Waals surface area contributed by atoms with Gasteiger partial charge in [0.25, 0.3) is 11.8 Å². The standard InChI is InChI=1S/C19H24N6O5S2.C10H12N4O5S/c1-25(5-3-4-6-25)7-10-8-31-17-13(16(27)24(17)14(10)18(28)29)22-15(26)12(23-30-2)11-9-32-19(20)21-11;1-10(5-13-3-2-11-12-13)8(9(16)17)14-6(15)4-7(14)20(10,18)19/h9,13,17H,3-8H2,1-2H3,(H3-,20,21,22,26,28,29);2-3,7-8H,4-5H2,1H3,(H,16,17)/b23-12+;/t13-,17-;7-,8+,10+/m11/s1. The van der Waals surface area contributed by atoms with Crippen molar-refractivity contribution in [2.24, 2.45) is 5.16 Å². The van der Waals surface area contributed by atoms with Crippen molar-refractivity contribution in [1.29, 1.82) is 0 Å². The van der Waals surface area contributed by atoms with Crippen LogP contribution in [0, 0.1) is 0 Å². The molecule has 0 spiro atoms. The smallest absolute Gasteiger partial charge is 0.328 e. The number of aromatic nitrogens is 4. The summed E-state index contributed by atoms with van der Waals surface area (Å²) in [6.07, 6.45) is 4.89. The number of carbonyl (C=O) groups is 5. The van der Waals surface area contributed by atoms with Gasteiger partial charge in [0.2, 0.25) is 5.91 Å². The maximum Gasteiger partial charge on any atom is 0.328 e. The summed E-state index contributed by atoms with van der Waals surface area (Å²) in [4.78, 5) is 71.7. The Morgan fingerprint density at radius 2 is 1.98 bits per heavy atom. The summed E-state index contributed by atoms with van der Waals surface area (Å²) in [6.45, 7) is 3.71. The largest absolute Gasteiger partial charge is 0.543 e. The number of carboxylic acids is 2. The molecule has 2 aromatic heterocycles. The number of carbonyl (C=O) groups excluding carboxylic acids is 4. The number of carboxylic acid groups (broad SMARTS) is 2. The highest BCUT2D eigenvalue weighted by atomic mass is 32.2. The molecule has 4 saturated heterocycles. The highest BCUT2D eigenvalue weighted by molar-refractivity contribution is 8.00. The number of aliphatic carboxylic acids is 2. The molecule has 0 unspecified atom stereocenters. The summed E-state index contributed by atoms with van der Waals surface area (Å²) < 4.78 is 25.5. The van der Waals surface area contributed by atoms with Crippen LogP contribution in [0.2, 0.25) is 0 Å². The van der Waals surface area contributed by atoms with Crippen molar-refractivity contribution in [1.82, 2.24) is 35.1 Å². The van der Waals surface area contributed by atoms with Crippen molar-refractivity contribution in [2.45, 2.75) is 60.3 Å². The van der Waals surface area contributed by atoms with Gasteiger partial charge in [-0.05, 0) is 6.92 Å². The molecule has 5 aliphatic rings. The number of thioether (sulfide) groups is 1. The fraction of sp³-hybridized carbons (Fsp3) is 0.552. The summed E-state index contributed by atoms with van der Waals surface area (Å²) in [5.41, 5.74) is 6.39. The van der Waals surface area contributed by atoms with Crippen molar-refractivity contribution in [2.75, 3.05) is 45.3 Å².